The van der Waals surface area contributed by atoms with Crippen molar-refractivity contribution in [3.63, 3.8) is 0 Å². The highest BCUT2D eigenvalue weighted by molar-refractivity contribution is 6.05. The van der Waals surface area contributed by atoms with Crippen molar-refractivity contribution in [3.05, 3.63) is 82.2 Å². The zero-order valence-corrected chi connectivity index (χ0v) is 34.7. The van der Waals surface area contributed by atoms with Crippen LogP contribution in [0.3, 0.4) is 0 Å². The molecule has 61 heavy (non-hydrogen) atoms. The summed E-state index contributed by atoms with van der Waals surface area (Å²) in [7, 11) is 0. The zero-order valence-electron chi connectivity index (χ0n) is 34.7. The molecule has 16 heteroatoms. The van der Waals surface area contributed by atoms with E-state index in [9.17, 15) is 24.8 Å². The van der Waals surface area contributed by atoms with Crippen LogP contribution in [0.15, 0.2) is 64.8 Å². The molecule has 3 aliphatic heterocycles. The first-order chi connectivity index (χ1) is 29.4. The standard InChI is InChI=1S/C45H54F2N10O4/c1-3-45(61,4-2)35-21-38(49)28(18-39(35)52-44(60)40-11-9-31-17-27(22-48)23-51-57(31)40)24-50-29-5-7-30(8-6-29)54-13-15-55(16-14-54)33-25-56(26-33)32-19-36(46)42(37(47)20-32)34-10-12-41(58)53-43(34)59/h9,11,17-19,21,23-24,29-30,32-34,61H,3-8,10,12-16,20,25-26,49H2,1-2H3,(H,52,60)(H,53,58,59)/t29?,30?,32?,34-/m1/s1. The molecule has 0 bridgehead atoms. The number of carbonyl (C=O) groups is 3. The lowest BCUT2D eigenvalue weighted by Gasteiger charge is -2.51. The quantitative estimate of drug-likeness (QED) is 0.117. The van der Waals surface area contributed by atoms with Gasteiger partial charge in [0.15, 0.2) is 0 Å². The fourth-order valence-electron chi connectivity index (χ4n) is 9.80. The Labute approximate surface area is 354 Å². The Morgan fingerprint density at radius 3 is 2.39 bits per heavy atom. The number of nitriles is 1. The molecule has 1 unspecified atom stereocenters. The van der Waals surface area contributed by atoms with E-state index in [2.05, 4.69) is 36.5 Å². The summed E-state index contributed by atoms with van der Waals surface area (Å²) in [6.07, 6.45) is 9.65. The van der Waals surface area contributed by atoms with Crippen LogP contribution < -0.4 is 16.4 Å². The molecule has 0 radical (unpaired) electrons. The molecule has 5 N–H and O–H groups in total. The van der Waals surface area contributed by atoms with Gasteiger partial charge in [0.2, 0.25) is 11.8 Å². The lowest BCUT2D eigenvalue weighted by atomic mass is 9.84. The fourth-order valence-corrected chi connectivity index (χ4v) is 9.80. The number of halogens is 2. The van der Waals surface area contributed by atoms with E-state index in [0.717, 1.165) is 65.0 Å². The molecule has 5 heterocycles. The number of carbonyl (C=O) groups excluding carboxylic acids is 3. The van der Waals surface area contributed by atoms with Crippen LogP contribution in [0.25, 0.3) is 5.52 Å². The molecule has 3 amide bonds. The van der Waals surface area contributed by atoms with Gasteiger partial charge in [-0.3, -0.25) is 39.4 Å². The number of nitrogen functional groups attached to an aromatic ring is 1. The second-order valence-electron chi connectivity index (χ2n) is 17.2. The minimum Gasteiger partial charge on any atom is -0.398 e. The number of allylic oxidation sites excluding steroid dienone is 1. The van der Waals surface area contributed by atoms with Crippen molar-refractivity contribution in [1.82, 2.24) is 29.6 Å². The predicted octanol–water partition coefficient (Wildman–Crippen LogP) is 4.98. The number of likely N-dealkylation sites (tertiary alicyclic amines) is 1. The number of imide groups is 1. The van der Waals surface area contributed by atoms with Crippen LogP contribution in [0, 0.1) is 17.2 Å². The Kier molecular flexibility index (Phi) is 12.2. The van der Waals surface area contributed by atoms with Gasteiger partial charge in [-0.25, -0.2) is 13.3 Å². The van der Waals surface area contributed by atoms with E-state index in [1.165, 1.54) is 16.8 Å². The summed E-state index contributed by atoms with van der Waals surface area (Å²) < 4.78 is 31.9. The van der Waals surface area contributed by atoms with Gasteiger partial charge in [-0.2, -0.15) is 10.4 Å². The number of hydrogen-bond donors (Lipinski definition) is 4. The number of nitrogens with zero attached hydrogens (tertiary/aromatic N) is 7. The van der Waals surface area contributed by atoms with Gasteiger partial charge in [-0.15, -0.1) is 0 Å². The molecule has 3 saturated heterocycles. The summed E-state index contributed by atoms with van der Waals surface area (Å²) in [6.45, 7) is 9.08. The average molecular weight is 837 g/mol. The summed E-state index contributed by atoms with van der Waals surface area (Å²) in [5.41, 5.74) is 8.55. The molecule has 14 nitrogen and oxygen atoms in total. The third kappa shape index (κ3) is 8.61. The largest absolute Gasteiger partial charge is 0.398 e. The number of piperidine rings is 1. The maximum Gasteiger partial charge on any atom is 0.274 e. The number of nitrogens with one attached hydrogen (secondary N) is 2. The summed E-state index contributed by atoms with van der Waals surface area (Å²) in [4.78, 5) is 49.6. The van der Waals surface area contributed by atoms with Crippen molar-refractivity contribution in [2.45, 2.75) is 101 Å². The minimum atomic E-state index is -1.21. The Balaban J connectivity index is 0.831. The van der Waals surface area contributed by atoms with Crippen LogP contribution in [0.2, 0.25) is 0 Å². The minimum absolute atomic E-state index is 0.0343. The number of aliphatic hydroxyl groups is 1. The van der Waals surface area contributed by atoms with E-state index in [1.54, 1.807) is 36.5 Å². The Morgan fingerprint density at radius 2 is 1.74 bits per heavy atom. The molecule has 3 aromatic rings. The maximum atomic E-state index is 15.2. The number of nitrogens with two attached hydrogens (primary N) is 1. The number of rotatable bonds is 11. The van der Waals surface area contributed by atoms with Crippen molar-refractivity contribution in [1.29, 1.82) is 5.26 Å². The Bertz CT molecular complexity index is 2330. The van der Waals surface area contributed by atoms with Crippen molar-refractivity contribution < 1.29 is 28.3 Å². The summed E-state index contributed by atoms with van der Waals surface area (Å²) >= 11 is 0. The number of anilines is 2. The SMILES string of the molecule is CCC(O)(CC)c1cc(N)c(C=NC2CCC(N3CCN(C4CN(C5C=C(F)C([C@H]6CCC(=O)NC6=O)=C(F)C5)C4)CC3)CC2)cc1NC(=O)c1ccc2cc(C#N)cnn12. The lowest BCUT2D eigenvalue weighted by Crippen LogP contribution is -2.65. The first-order valence-corrected chi connectivity index (χ1v) is 21.6. The first-order valence-electron chi connectivity index (χ1n) is 21.6. The van der Waals surface area contributed by atoms with Gasteiger partial charge in [0, 0.05) is 105 Å². The molecule has 0 spiro atoms. The van der Waals surface area contributed by atoms with Gasteiger partial charge < -0.3 is 16.2 Å². The second kappa shape index (κ2) is 17.6. The van der Waals surface area contributed by atoms with Gasteiger partial charge in [0.25, 0.3) is 5.91 Å². The van der Waals surface area contributed by atoms with E-state index in [1.807, 2.05) is 13.8 Å². The maximum absolute atomic E-state index is 15.2. The Hall–Kier alpha value is -5.34. The summed E-state index contributed by atoms with van der Waals surface area (Å²) in [6, 6.07) is 11.2. The number of aliphatic imine (C=N–C) groups is 1. The lowest BCUT2D eigenvalue weighted by molar-refractivity contribution is -0.135. The smallest absolute Gasteiger partial charge is 0.274 e. The number of aromatic nitrogens is 2. The normalized spacial score (nSPS) is 25.1. The molecule has 1 aromatic carbocycles. The summed E-state index contributed by atoms with van der Waals surface area (Å²) in [5, 5.41) is 30.3. The number of hydrogen-bond acceptors (Lipinski definition) is 11. The predicted molar refractivity (Wildman–Crippen MR) is 227 cm³/mol. The van der Waals surface area contributed by atoms with Gasteiger partial charge in [0.1, 0.15) is 23.4 Å². The van der Waals surface area contributed by atoms with Crippen molar-refractivity contribution >= 4 is 40.8 Å². The van der Waals surface area contributed by atoms with Crippen LogP contribution >= 0.6 is 0 Å². The molecule has 8 rings (SSSR count). The number of fused-ring (bicyclic) bond motifs is 1. The highest BCUT2D eigenvalue weighted by atomic mass is 19.1. The molecule has 2 atom stereocenters. The number of amides is 3. The van der Waals surface area contributed by atoms with E-state index < -0.39 is 40.9 Å². The topological polar surface area (TPSA) is 185 Å². The third-order valence-electron chi connectivity index (χ3n) is 13.7. The Morgan fingerprint density at radius 1 is 1.03 bits per heavy atom. The molecule has 1 saturated carbocycles. The van der Waals surface area contributed by atoms with Crippen molar-refractivity contribution in [2.24, 2.45) is 10.9 Å². The fraction of sp³-hybridized carbons (Fsp3) is 0.511. The van der Waals surface area contributed by atoms with Crippen LogP contribution in [-0.2, 0) is 15.2 Å². The zero-order chi connectivity index (χ0) is 43.0. The molecular weight excluding hydrogens is 783 g/mol. The van der Waals surface area contributed by atoms with Gasteiger partial charge in [-0.1, -0.05) is 13.8 Å². The van der Waals surface area contributed by atoms with Gasteiger partial charge in [0.05, 0.1) is 34.8 Å². The third-order valence-corrected chi connectivity index (χ3v) is 13.7. The van der Waals surface area contributed by atoms with Crippen LogP contribution in [0.4, 0.5) is 20.2 Å². The highest BCUT2D eigenvalue weighted by Gasteiger charge is 2.42. The molecule has 2 aliphatic carbocycles. The highest BCUT2D eigenvalue weighted by Crippen LogP contribution is 2.40. The van der Waals surface area contributed by atoms with Crippen molar-refractivity contribution in [2.75, 3.05) is 50.3 Å². The van der Waals surface area contributed by atoms with E-state index in [4.69, 9.17) is 10.7 Å². The molecule has 2 aromatic heterocycles. The molecular formula is C45H54F2N10O4. The molecule has 322 valence electrons. The first kappa shape index (κ1) is 42.4. The number of benzene rings is 1. The van der Waals surface area contributed by atoms with Crippen LogP contribution in [-0.4, -0.2) is 117 Å². The van der Waals surface area contributed by atoms with Crippen LogP contribution in [0.1, 0.15) is 98.8 Å². The van der Waals surface area contributed by atoms with Gasteiger partial charge >= 0.3 is 0 Å². The monoisotopic (exact) mass is 836 g/mol. The summed E-state index contributed by atoms with van der Waals surface area (Å²) in [5.74, 6) is -3.71. The van der Waals surface area contributed by atoms with E-state index in [-0.39, 0.29) is 42.6 Å². The van der Waals surface area contributed by atoms with Crippen LogP contribution in [0.5, 0.6) is 0 Å². The number of piperazine rings is 1. The second-order valence-corrected chi connectivity index (χ2v) is 17.2. The molecule has 4 fully saturated rings. The van der Waals surface area contributed by atoms with Crippen molar-refractivity contribution in [3.8, 4) is 6.07 Å². The van der Waals surface area contributed by atoms with E-state index >= 15 is 8.78 Å². The van der Waals surface area contributed by atoms with E-state index in [0.29, 0.717) is 58.5 Å². The van der Waals surface area contributed by atoms with Gasteiger partial charge in [-0.05, 0) is 81.4 Å². The molecule has 5 aliphatic rings. The average Bonchev–Trinajstić information content (AvgIpc) is 3.67.